The summed E-state index contributed by atoms with van der Waals surface area (Å²) in [7, 11) is 0. The molecule has 1 fully saturated rings. The van der Waals surface area contributed by atoms with E-state index < -0.39 is 18.9 Å². The number of carbonyl (C=O) groups excluding carboxylic acids is 1. The van der Waals surface area contributed by atoms with Gasteiger partial charge in [0.05, 0.1) is 0 Å². The van der Waals surface area contributed by atoms with Gasteiger partial charge in [-0.1, -0.05) is 0 Å². The van der Waals surface area contributed by atoms with Gasteiger partial charge in [-0.25, -0.2) is 0 Å². The molecule has 0 saturated heterocycles. The number of hydrogen-bond acceptors (Lipinski definition) is 2. The van der Waals surface area contributed by atoms with Gasteiger partial charge in [0.15, 0.2) is 5.78 Å². The Morgan fingerprint density at radius 1 is 1.50 bits per heavy atom. The highest BCUT2D eigenvalue weighted by atomic mass is 19.4. The molecule has 70 valence electrons. The minimum absolute atomic E-state index is 0.209. The lowest BCUT2D eigenvalue weighted by molar-refractivity contribution is -0.185. The zero-order chi connectivity index (χ0) is 9.19. The minimum atomic E-state index is -4.33. The van der Waals surface area contributed by atoms with Crippen molar-refractivity contribution in [2.75, 3.05) is 6.61 Å². The first kappa shape index (κ1) is 9.51. The molecule has 12 heavy (non-hydrogen) atoms. The highest BCUT2D eigenvalue weighted by Gasteiger charge is 2.32. The summed E-state index contributed by atoms with van der Waals surface area (Å²) in [6, 6.07) is 0. The van der Waals surface area contributed by atoms with Crippen molar-refractivity contribution in [1.29, 1.82) is 0 Å². The molecule has 0 aromatic carbocycles. The Morgan fingerprint density at radius 3 is 2.58 bits per heavy atom. The molecule has 0 heterocycles. The van der Waals surface area contributed by atoms with Crippen molar-refractivity contribution in [3.05, 3.63) is 0 Å². The fraction of sp³-hybridized carbons (Fsp3) is 0.857. The second-order valence-electron chi connectivity index (χ2n) is 2.77. The minimum Gasteiger partial charge on any atom is -0.361 e. The van der Waals surface area contributed by atoms with Gasteiger partial charge in [0.2, 0.25) is 0 Å². The second-order valence-corrected chi connectivity index (χ2v) is 2.77. The molecule has 0 N–H and O–H groups in total. The molecule has 1 unspecified atom stereocenters. The smallest absolute Gasteiger partial charge is 0.361 e. The van der Waals surface area contributed by atoms with Crippen molar-refractivity contribution in [1.82, 2.24) is 0 Å². The number of alkyl halides is 3. The van der Waals surface area contributed by atoms with Crippen LogP contribution in [-0.4, -0.2) is 24.7 Å². The van der Waals surface area contributed by atoms with E-state index in [0.717, 1.165) is 0 Å². The van der Waals surface area contributed by atoms with Crippen LogP contribution in [0.15, 0.2) is 0 Å². The summed E-state index contributed by atoms with van der Waals surface area (Å²) >= 11 is 0. The maximum Gasteiger partial charge on any atom is 0.411 e. The molecule has 1 aliphatic carbocycles. The Morgan fingerprint density at radius 2 is 2.17 bits per heavy atom. The summed E-state index contributed by atoms with van der Waals surface area (Å²) in [6.45, 7) is -1.32. The number of rotatable bonds is 2. The van der Waals surface area contributed by atoms with Gasteiger partial charge in [-0.2, -0.15) is 13.2 Å². The fourth-order valence-corrected chi connectivity index (χ4v) is 1.16. The quantitative estimate of drug-likeness (QED) is 0.649. The molecule has 1 saturated carbocycles. The van der Waals surface area contributed by atoms with Crippen molar-refractivity contribution in [3.8, 4) is 0 Å². The zero-order valence-electron chi connectivity index (χ0n) is 6.36. The number of carbonyl (C=O) groups is 1. The fourth-order valence-electron chi connectivity index (χ4n) is 1.16. The normalized spacial score (nSPS) is 24.9. The second kappa shape index (κ2) is 3.43. The first-order valence-corrected chi connectivity index (χ1v) is 3.70. The summed E-state index contributed by atoms with van der Waals surface area (Å²) < 4.78 is 39.2. The summed E-state index contributed by atoms with van der Waals surface area (Å²) in [5, 5.41) is 0. The number of halogens is 3. The topological polar surface area (TPSA) is 26.3 Å². The third-order valence-corrected chi connectivity index (χ3v) is 1.70. The average molecular weight is 182 g/mol. The van der Waals surface area contributed by atoms with Crippen molar-refractivity contribution in [2.24, 2.45) is 0 Å². The SMILES string of the molecule is O=C1CCCC1OCC(F)(F)F. The Labute approximate surface area is 67.7 Å². The molecule has 2 nitrogen and oxygen atoms in total. The molecule has 1 aliphatic rings. The van der Waals surface area contributed by atoms with E-state index in [4.69, 9.17) is 0 Å². The van der Waals surface area contributed by atoms with Gasteiger partial charge in [0.1, 0.15) is 12.7 Å². The molecule has 0 aliphatic heterocycles. The summed E-state index contributed by atoms with van der Waals surface area (Å²) in [5.41, 5.74) is 0. The zero-order valence-corrected chi connectivity index (χ0v) is 6.36. The van der Waals surface area contributed by atoms with Crippen LogP contribution in [0.3, 0.4) is 0 Å². The molecule has 1 rings (SSSR count). The van der Waals surface area contributed by atoms with Gasteiger partial charge in [-0.05, 0) is 12.8 Å². The van der Waals surface area contributed by atoms with E-state index in [0.29, 0.717) is 19.3 Å². The van der Waals surface area contributed by atoms with Crippen LogP contribution >= 0.6 is 0 Å². The molecular formula is C7H9F3O2. The van der Waals surface area contributed by atoms with Gasteiger partial charge < -0.3 is 4.74 Å². The van der Waals surface area contributed by atoms with E-state index in [9.17, 15) is 18.0 Å². The van der Waals surface area contributed by atoms with E-state index in [1.165, 1.54) is 0 Å². The molecule has 0 aromatic rings. The number of Topliss-reactive ketones (excluding diaryl/α,β-unsaturated/α-hetero) is 1. The highest BCUT2D eigenvalue weighted by Crippen LogP contribution is 2.21. The van der Waals surface area contributed by atoms with Crippen molar-refractivity contribution in [2.45, 2.75) is 31.5 Å². The van der Waals surface area contributed by atoms with E-state index in [-0.39, 0.29) is 5.78 Å². The maximum absolute atomic E-state index is 11.6. The third-order valence-electron chi connectivity index (χ3n) is 1.70. The van der Waals surface area contributed by atoms with Crippen LogP contribution in [0.1, 0.15) is 19.3 Å². The molecular weight excluding hydrogens is 173 g/mol. The number of hydrogen-bond donors (Lipinski definition) is 0. The summed E-state index contributed by atoms with van der Waals surface area (Å²) in [4.78, 5) is 10.8. The van der Waals surface area contributed by atoms with Gasteiger partial charge in [-0.3, -0.25) is 4.79 Å². The third kappa shape index (κ3) is 2.81. The van der Waals surface area contributed by atoms with Crippen LogP contribution in [0.2, 0.25) is 0 Å². The standard InChI is InChI=1S/C7H9F3O2/c8-7(9,10)4-12-6-3-1-2-5(6)11/h6H,1-4H2. The lowest BCUT2D eigenvalue weighted by Gasteiger charge is -2.11. The lowest BCUT2D eigenvalue weighted by atomic mass is 10.3. The first-order valence-electron chi connectivity index (χ1n) is 3.70. The van der Waals surface area contributed by atoms with E-state index in [1.807, 2.05) is 0 Å². The molecule has 1 atom stereocenters. The van der Waals surface area contributed by atoms with Crippen LogP contribution in [0.5, 0.6) is 0 Å². The van der Waals surface area contributed by atoms with Crippen molar-refractivity contribution >= 4 is 5.78 Å². The summed E-state index contributed by atoms with van der Waals surface area (Å²) in [6.07, 6.45) is -3.73. The van der Waals surface area contributed by atoms with E-state index in [2.05, 4.69) is 4.74 Å². The van der Waals surface area contributed by atoms with Crippen LogP contribution in [0, 0.1) is 0 Å². The Balaban J connectivity index is 2.27. The van der Waals surface area contributed by atoms with Gasteiger partial charge >= 0.3 is 6.18 Å². The van der Waals surface area contributed by atoms with E-state index in [1.54, 1.807) is 0 Å². The summed E-state index contributed by atoms with van der Waals surface area (Å²) in [5.74, 6) is -0.209. The molecule has 0 amide bonds. The van der Waals surface area contributed by atoms with Crippen molar-refractivity contribution < 1.29 is 22.7 Å². The average Bonchev–Trinajstić information content (AvgIpc) is 2.29. The number of ketones is 1. The molecule has 5 heteroatoms. The van der Waals surface area contributed by atoms with Gasteiger partial charge in [0, 0.05) is 6.42 Å². The van der Waals surface area contributed by atoms with Crippen LogP contribution in [0.25, 0.3) is 0 Å². The monoisotopic (exact) mass is 182 g/mol. The van der Waals surface area contributed by atoms with E-state index >= 15 is 0 Å². The molecule has 0 spiro atoms. The van der Waals surface area contributed by atoms with Crippen LogP contribution in [0.4, 0.5) is 13.2 Å². The predicted molar refractivity (Wildman–Crippen MR) is 34.7 cm³/mol. The molecule has 0 radical (unpaired) electrons. The van der Waals surface area contributed by atoms with Gasteiger partial charge in [0.25, 0.3) is 0 Å². The molecule has 0 aromatic heterocycles. The number of ether oxygens (including phenoxy) is 1. The Hall–Kier alpha value is -0.580. The van der Waals surface area contributed by atoms with Crippen LogP contribution < -0.4 is 0 Å². The van der Waals surface area contributed by atoms with Crippen LogP contribution in [-0.2, 0) is 9.53 Å². The highest BCUT2D eigenvalue weighted by molar-refractivity contribution is 5.84. The first-order chi connectivity index (χ1) is 5.49. The lowest BCUT2D eigenvalue weighted by Crippen LogP contribution is -2.25. The van der Waals surface area contributed by atoms with Gasteiger partial charge in [-0.15, -0.1) is 0 Å². The maximum atomic E-state index is 11.6. The Bertz CT molecular complexity index is 176. The Kier molecular flexibility index (Phi) is 2.72. The molecule has 0 bridgehead atoms. The largest absolute Gasteiger partial charge is 0.411 e. The predicted octanol–water partition coefficient (Wildman–Crippen LogP) is 1.69. The van der Waals surface area contributed by atoms with Crippen molar-refractivity contribution in [3.63, 3.8) is 0 Å².